The highest BCUT2D eigenvalue weighted by atomic mass is 35.5. The molecule has 0 aliphatic carbocycles. The zero-order valence-corrected chi connectivity index (χ0v) is 8.09. The van der Waals surface area contributed by atoms with Crippen LogP contribution >= 0.6 is 24.0 Å². The van der Waals surface area contributed by atoms with Crippen LogP contribution in [-0.4, -0.2) is 18.5 Å². The van der Waals surface area contributed by atoms with E-state index >= 15 is 0 Å². The van der Waals surface area contributed by atoms with E-state index in [1.54, 1.807) is 6.92 Å². The lowest BCUT2D eigenvalue weighted by atomic mass is 10.8. The number of ether oxygens (including phenoxy) is 1. The molecule has 0 fully saturated rings. The molecule has 0 atom stereocenters. The van der Waals surface area contributed by atoms with E-state index in [4.69, 9.17) is 11.6 Å². The number of carbonyl (C=O) groups excluding carboxylic acids is 1. The van der Waals surface area contributed by atoms with E-state index in [0.29, 0.717) is 6.61 Å². The Morgan fingerprint density at radius 1 is 1.50 bits per heavy atom. The fourth-order valence-electron chi connectivity index (χ4n) is 0.203. The Morgan fingerprint density at radius 3 is 1.80 bits per heavy atom. The lowest BCUT2D eigenvalue weighted by Gasteiger charge is -1.89. The van der Waals surface area contributed by atoms with Gasteiger partial charge in [0.25, 0.3) is 0 Å². The molecule has 0 aromatic heterocycles. The predicted octanol–water partition coefficient (Wildman–Crippen LogP) is 2.24. The van der Waals surface area contributed by atoms with Gasteiger partial charge in [-0.1, -0.05) is 6.92 Å². The third-order valence-corrected chi connectivity index (χ3v) is 0.348. The molecule has 0 N–H and O–H groups in total. The molecule has 0 aliphatic rings. The number of carbonyl (C=O) groups is 1. The van der Waals surface area contributed by atoms with Crippen LogP contribution in [0.2, 0.25) is 0 Å². The van der Waals surface area contributed by atoms with E-state index in [1.807, 2.05) is 6.92 Å². The fraction of sp³-hybridized carbons (Fsp3) is 0.833. The summed E-state index contributed by atoms with van der Waals surface area (Å²) in [6.45, 7) is 5.54. The van der Waals surface area contributed by atoms with Gasteiger partial charge in [0.05, 0.1) is 6.61 Å². The van der Waals surface area contributed by atoms with Crippen LogP contribution in [0.15, 0.2) is 0 Å². The fourth-order valence-corrected chi connectivity index (χ4v) is 0.203. The van der Waals surface area contributed by atoms with Crippen LogP contribution < -0.4 is 0 Å². The van der Waals surface area contributed by atoms with E-state index in [9.17, 15) is 4.79 Å². The van der Waals surface area contributed by atoms with Crippen molar-refractivity contribution in [1.82, 2.24) is 0 Å². The average Bonchev–Trinajstić information content (AvgIpc) is 1.67. The summed E-state index contributed by atoms with van der Waals surface area (Å²) >= 11 is 5.00. The van der Waals surface area contributed by atoms with Gasteiger partial charge in [-0.05, 0) is 6.92 Å². The van der Waals surface area contributed by atoms with E-state index in [2.05, 4.69) is 4.74 Å². The Balaban J connectivity index is -0.000000107. The third kappa shape index (κ3) is 43.0. The van der Waals surface area contributed by atoms with Crippen molar-refractivity contribution >= 4 is 30.0 Å². The Bertz CT molecular complexity index is 66.8. The van der Waals surface area contributed by atoms with Gasteiger partial charge in [-0.3, -0.25) is 4.79 Å². The quantitative estimate of drug-likeness (QED) is 0.467. The number of hydrogen-bond donors (Lipinski definition) is 0. The summed E-state index contributed by atoms with van der Waals surface area (Å²) in [5.41, 5.74) is 0. The Kier molecular flexibility index (Phi) is 26.5. The highest BCUT2D eigenvalue weighted by molar-refractivity contribution is 6.17. The summed E-state index contributed by atoms with van der Waals surface area (Å²) in [4.78, 5) is 9.82. The van der Waals surface area contributed by atoms with Crippen molar-refractivity contribution in [3.05, 3.63) is 0 Å². The first-order chi connectivity index (χ1) is 4.18. The molecule has 10 heavy (non-hydrogen) atoms. The molecule has 64 valence electrons. The summed E-state index contributed by atoms with van der Waals surface area (Å²) in [7, 11) is 0. The van der Waals surface area contributed by atoms with Crippen LogP contribution in [0.3, 0.4) is 0 Å². The third-order valence-electron chi connectivity index (χ3n) is 0.348. The maximum atomic E-state index is 9.82. The van der Waals surface area contributed by atoms with Crippen molar-refractivity contribution in [2.75, 3.05) is 12.5 Å². The van der Waals surface area contributed by atoms with E-state index in [1.165, 1.54) is 6.92 Å². The summed E-state index contributed by atoms with van der Waals surface area (Å²) < 4.78 is 4.40. The maximum absolute atomic E-state index is 9.82. The minimum Gasteiger partial charge on any atom is -0.466 e. The molecule has 0 bridgehead atoms. The van der Waals surface area contributed by atoms with E-state index in [-0.39, 0.29) is 18.4 Å². The molecule has 0 saturated heterocycles. The summed E-state index contributed by atoms with van der Waals surface area (Å²) in [6, 6.07) is 0. The topological polar surface area (TPSA) is 26.3 Å². The summed E-state index contributed by atoms with van der Waals surface area (Å²) in [6.07, 6.45) is 0. The minimum absolute atomic E-state index is 0. The first-order valence-electron chi connectivity index (χ1n) is 2.88. The Labute approximate surface area is 73.3 Å². The molecule has 0 spiro atoms. The molecule has 0 aliphatic heterocycles. The van der Waals surface area contributed by atoms with Crippen molar-refractivity contribution in [2.24, 2.45) is 0 Å². The first kappa shape index (κ1) is 16.6. The van der Waals surface area contributed by atoms with Gasteiger partial charge in [-0.15, -0.1) is 24.0 Å². The molecule has 0 saturated carbocycles. The molecule has 0 heterocycles. The molecule has 0 amide bonds. The van der Waals surface area contributed by atoms with Crippen molar-refractivity contribution in [3.63, 3.8) is 0 Å². The van der Waals surface area contributed by atoms with Crippen LogP contribution in [0.5, 0.6) is 0 Å². The second kappa shape index (κ2) is 16.0. The number of halogens is 2. The SMILES string of the molecule is CCCl.CCOC(C)=O.Cl. The van der Waals surface area contributed by atoms with E-state index in [0.717, 1.165) is 5.88 Å². The Hall–Kier alpha value is 0.0500. The number of esters is 1. The van der Waals surface area contributed by atoms with Gasteiger partial charge in [0.1, 0.15) is 0 Å². The molecule has 0 aromatic rings. The minimum atomic E-state index is -0.211. The molecule has 0 aromatic carbocycles. The van der Waals surface area contributed by atoms with Crippen LogP contribution in [0.25, 0.3) is 0 Å². The molecule has 4 heteroatoms. The lowest BCUT2D eigenvalue weighted by molar-refractivity contribution is -0.140. The van der Waals surface area contributed by atoms with Crippen molar-refractivity contribution in [2.45, 2.75) is 20.8 Å². The lowest BCUT2D eigenvalue weighted by Crippen LogP contribution is -1.95. The van der Waals surface area contributed by atoms with Crippen molar-refractivity contribution < 1.29 is 9.53 Å². The normalized spacial score (nSPS) is 6.40. The molecule has 0 rings (SSSR count). The van der Waals surface area contributed by atoms with Gasteiger partial charge in [0, 0.05) is 12.8 Å². The highest BCUT2D eigenvalue weighted by Crippen LogP contribution is 1.69. The Morgan fingerprint density at radius 2 is 1.80 bits per heavy atom. The van der Waals surface area contributed by atoms with Gasteiger partial charge in [0.2, 0.25) is 0 Å². The second-order valence-electron chi connectivity index (χ2n) is 1.19. The van der Waals surface area contributed by atoms with Gasteiger partial charge in [-0.25, -0.2) is 0 Å². The standard InChI is InChI=1S/C4H8O2.C2H5Cl.ClH/c1-3-6-4(2)5;1-2-3;/h3H2,1-2H3;2H2,1H3;1H. The van der Waals surface area contributed by atoms with Gasteiger partial charge in [-0.2, -0.15) is 0 Å². The molecular formula is C6H14Cl2O2. The summed E-state index contributed by atoms with van der Waals surface area (Å²) in [5.74, 6) is 0.512. The van der Waals surface area contributed by atoms with E-state index < -0.39 is 0 Å². The number of rotatable bonds is 1. The van der Waals surface area contributed by atoms with Crippen LogP contribution in [-0.2, 0) is 9.53 Å². The van der Waals surface area contributed by atoms with Gasteiger partial charge in [0.15, 0.2) is 0 Å². The maximum Gasteiger partial charge on any atom is 0.302 e. The zero-order valence-electron chi connectivity index (χ0n) is 6.52. The van der Waals surface area contributed by atoms with Crippen molar-refractivity contribution in [3.8, 4) is 0 Å². The largest absolute Gasteiger partial charge is 0.466 e. The smallest absolute Gasteiger partial charge is 0.302 e. The van der Waals surface area contributed by atoms with Crippen LogP contribution in [0.4, 0.5) is 0 Å². The van der Waals surface area contributed by atoms with Crippen molar-refractivity contribution in [1.29, 1.82) is 0 Å². The predicted molar refractivity (Wildman–Crippen MR) is 45.9 cm³/mol. The zero-order chi connectivity index (χ0) is 7.70. The van der Waals surface area contributed by atoms with Gasteiger partial charge < -0.3 is 4.74 Å². The van der Waals surface area contributed by atoms with Crippen LogP contribution in [0, 0.1) is 0 Å². The molecule has 0 radical (unpaired) electrons. The van der Waals surface area contributed by atoms with Crippen LogP contribution in [0.1, 0.15) is 20.8 Å². The van der Waals surface area contributed by atoms with Gasteiger partial charge >= 0.3 is 5.97 Å². The monoisotopic (exact) mass is 188 g/mol. The number of hydrogen-bond acceptors (Lipinski definition) is 2. The molecule has 2 nitrogen and oxygen atoms in total. The summed E-state index contributed by atoms with van der Waals surface area (Å²) in [5, 5.41) is 0. The average molecular weight is 189 g/mol. The molecule has 0 unspecified atom stereocenters. The molecular weight excluding hydrogens is 175 g/mol. The highest BCUT2D eigenvalue weighted by Gasteiger charge is 1.81. The number of alkyl halides is 1. The first-order valence-corrected chi connectivity index (χ1v) is 3.41. The second-order valence-corrected chi connectivity index (χ2v) is 1.73.